The van der Waals surface area contributed by atoms with Gasteiger partial charge in [-0.15, -0.1) is 0 Å². The Morgan fingerprint density at radius 1 is 1.19 bits per heavy atom. The van der Waals surface area contributed by atoms with E-state index >= 15 is 0 Å². The molecule has 0 spiro atoms. The van der Waals surface area contributed by atoms with Crippen LogP contribution < -0.4 is 10.3 Å². The third-order valence-electron chi connectivity index (χ3n) is 5.18. The molecule has 1 saturated heterocycles. The van der Waals surface area contributed by atoms with E-state index in [-0.39, 0.29) is 11.7 Å². The number of hydrogen-bond donors (Lipinski definition) is 1. The molecule has 0 unspecified atom stereocenters. The van der Waals surface area contributed by atoms with E-state index in [0.717, 1.165) is 50.1 Å². The van der Waals surface area contributed by atoms with Crippen molar-refractivity contribution in [2.45, 2.75) is 31.9 Å². The highest BCUT2D eigenvalue weighted by Crippen LogP contribution is 2.18. The van der Waals surface area contributed by atoms with Gasteiger partial charge in [0.05, 0.1) is 18.7 Å². The number of aliphatic hydroxyl groups excluding tert-OH is 1. The van der Waals surface area contributed by atoms with Crippen LogP contribution in [0.2, 0.25) is 0 Å². The summed E-state index contributed by atoms with van der Waals surface area (Å²) < 4.78 is 8.89. The summed E-state index contributed by atoms with van der Waals surface area (Å²) in [6.45, 7) is 3.42. The highest BCUT2D eigenvalue weighted by molar-refractivity contribution is 5.75. The number of fused-ring (bicyclic) bond motifs is 3. The van der Waals surface area contributed by atoms with Crippen LogP contribution in [-0.4, -0.2) is 56.8 Å². The molecule has 7 nitrogen and oxygen atoms in total. The summed E-state index contributed by atoms with van der Waals surface area (Å²) in [7, 11) is 1.59. The van der Waals surface area contributed by atoms with Gasteiger partial charge in [-0.05, 0) is 44.0 Å². The molecular formula is C19H24N4O3. The molecular weight excluding hydrogens is 332 g/mol. The van der Waals surface area contributed by atoms with Crippen molar-refractivity contribution in [3.63, 3.8) is 0 Å². The lowest BCUT2D eigenvalue weighted by Crippen LogP contribution is -2.37. The van der Waals surface area contributed by atoms with Crippen LogP contribution in [-0.2, 0) is 6.54 Å². The van der Waals surface area contributed by atoms with Crippen molar-refractivity contribution in [3.8, 4) is 5.88 Å². The van der Waals surface area contributed by atoms with Gasteiger partial charge in [-0.25, -0.2) is 0 Å². The van der Waals surface area contributed by atoms with Gasteiger partial charge in [0.25, 0.3) is 5.56 Å². The molecule has 0 atom stereocenters. The first kappa shape index (κ1) is 17.1. The lowest BCUT2D eigenvalue weighted by molar-refractivity contribution is 0.0815. The van der Waals surface area contributed by atoms with Crippen LogP contribution in [0.15, 0.2) is 35.3 Å². The highest BCUT2D eigenvalue weighted by atomic mass is 16.5. The van der Waals surface area contributed by atoms with Gasteiger partial charge in [0.15, 0.2) is 5.65 Å². The molecule has 0 aliphatic carbocycles. The molecule has 4 rings (SSSR count). The third kappa shape index (κ3) is 3.08. The maximum absolute atomic E-state index is 12.9. The first-order valence-corrected chi connectivity index (χ1v) is 9.12. The van der Waals surface area contributed by atoms with Crippen molar-refractivity contribution in [2.24, 2.45) is 0 Å². The van der Waals surface area contributed by atoms with E-state index in [9.17, 15) is 9.90 Å². The number of nitrogens with zero attached hydrogens (tertiary/aromatic N) is 4. The molecule has 1 N–H and O–H groups in total. The number of aromatic nitrogens is 3. The normalized spacial score (nSPS) is 16.5. The average Bonchev–Trinajstić information content (AvgIpc) is 3.16. The topological polar surface area (TPSA) is 72.0 Å². The Morgan fingerprint density at radius 3 is 2.77 bits per heavy atom. The minimum Gasteiger partial charge on any atom is -0.481 e. The number of aliphatic hydroxyl groups is 1. The summed E-state index contributed by atoms with van der Waals surface area (Å²) in [5.41, 5.74) is 2.17. The molecule has 4 heterocycles. The highest BCUT2D eigenvalue weighted by Gasteiger charge is 2.17. The summed E-state index contributed by atoms with van der Waals surface area (Å²) in [5.74, 6) is 0.532. The van der Waals surface area contributed by atoms with Gasteiger partial charge in [0.1, 0.15) is 5.52 Å². The van der Waals surface area contributed by atoms with Crippen molar-refractivity contribution >= 4 is 16.7 Å². The van der Waals surface area contributed by atoms with Crippen LogP contribution in [0.5, 0.6) is 5.88 Å². The molecule has 0 amide bonds. The lowest BCUT2D eigenvalue weighted by atomic mass is 10.1. The molecule has 1 aliphatic rings. The van der Waals surface area contributed by atoms with Crippen molar-refractivity contribution in [1.29, 1.82) is 0 Å². The van der Waals surface area contributed by atoms with Crippen molar-refractivity contribution in [2.75, 3.05) is 26.7 Å². The number of pyridine rings is 1. The zero-order valence-electron chi connectivity index (χ0n) is 15.0. The number of methoxy groups -OCH3 is 1. The Morgan fingerprint density at radius 2 is 2.00 bits per heavy atom. The third-order valence-corrected chi connectivity index (χ3v) is 5.18. The molecule has 3 aromatic heterocycles. The fourth-order valence-corrected chi connectivity index (χ4v) is 3.73. The molecule has 0 aromatic carbocycles. The largest absolute Gasteiger partial charge is 0.481 e. The quantitative estimate of drug-likeness (QED) is 0.750. The second-order valence-corrected chi connectivity index (χ2v) is 6.84. The van der Waals surface area contributed by atoms with E-state index in [1.165, 1.54) is 0 Å². The smallest absolute Gasteiger partial charge is 0.275 e. The number of aryl methyl sites for hydroxylation is 1. The number of likely N-dealkylation sites (tertiary alicyclic amines) is 1. The van der Waals surface area contributed by atoms with Crippen LogP contribution in [0.1, 0.15) is 19.3 Å². The molecule has 0 radical (unpaired) electrons. The zero-order valence-corrected chi connectivity index (χ0v) is 15.0. The van der Waals surface area contributed by atoms with Crippen LogP contribution >= 0.6 is 0 Å². The Bertz CT molecular complexity index is 970. The first-order valence-electron chi connectivity index (χ1n) is 9.12. The SMILES string of the molecule is COc1ccc2c(n1)n1cccc1c(=O)n2CCCN1CCC(O)CC1. The fraction of sp³-hybridized carbons (Fsp3) is 0.474. The van der Waals surface area contributed by atoms with Gasteiger partial charge in [-0.2, -0.15) is 4.98 Å². The second kappa shape index (κ2) is 7.09. The molecule has 1 fully saturated rings. The minimum atomic E-state index is -0.157. The molecule has 26 heavy (non-hydrogen) atoms. The van der Waals surface area contributed by atoms with Crippen LogP contribution in [0.3, 0.4) is 0 Å². The summed E-state index contributed by atoms with van der Waals surface area (Å²) >= 11 is 0. The Kier molecular flexibility index (Phi) is 4.65. The molecule has 1 aliphatic heterocycles. The molecule has 3 aromatic rings. The number of hydrogen-bond acceptors (Lipinski definition) is 5. The van der Waals surface area contributed by atoms with E-state index < -0.39 is 0 Å². The predicted molar refractivity (Wildman–Crippen MR) is 99.8 cm³/mol. The second-order valence-electron chi connectivity index (χ2n) is 6.84. The van der Waals surface area contributed by atoms with Gasteiger partial charge in [-0.3, -0.25) is 9.20 Å². The summed E-state index contributed by atoms with van der Waals surface area (Å²) in [4.78, 5) is 19.8. The Hall–Kier alpha value is -2.38. The standard InChI is InChI=1S/C19H24N4O3/c1-26-17-6-5-15-18(20-17)22-10-2-4-16(22)19(25)23(15)11-3-9-21-12-7-14(24)8-13-21/h2,4-6,10,14,24H,3,7-9,11-13H2,1H3. The number of ether oxygens (including phenoxy) is 1. The zero-order chi connectivity index (χ0) is 18.1. The Labute approximate surface area is 151 Å². The van der Waals surface area contributed by atoms with Gasteiger partial charge in [0.2, 0.25) is 5.88 Å². The minimum absolute atomic E-state index is 0.00327. The predicted octanol–water partition coefficient (Wildman–Crippen LogP) is 1.50. The molecule has 7 heteroatoms. The molecule has 0 bridgehead atoms. The molecule has 138 valence electrons. The first-order chi connectivity index (χ1) is 12.7. The van der Waals surface area contributed by atoms with E-state index in [0.29, 0.717) is 17.9 Å². The van der Waals surface area contributed by atoms with Gasteiger partial charge in [-0.1, -0.05) is 0 Å². The number of rotatable bonds is 5. The van der Waals surface area contributed by atoms with Crippen LogP contribution in [0, 0.1) is 0 Å². The maximum Gasteiger partial charge on any atom is 0.275 e. The Balaban J connectivity index is 1.63. The number of piperidine rings is 1. The van der Waals surface area contributed by atoms with Gasteiger partial charge in [0, 0.05) is 31.9 Å². The summed E-state index contributed by atoms with van der Waals surface area (Å²) in [6.07, 6.45) is 4.25. The monoisotopic (exact) mass is 356 g/mol. The average molecular weight is 356 g/mol. The van der Waals surface area contributed by atoms with E-state index in [1.807, 2.05) is 33.4 Å². The van der Waals surface area contributed by atoms with E-state index in [1.54, 1.807) is 13.2 Å². The molecule has 0 saturated carbocycles. The van der Waals surface area contributed by atoms with Gasteiger partial charge >= 0.3 is 0 Å². The summed E-state index contributed by atoms with van der Waals surface area (Å²) in [6, 6.07) is 7.38. The van der Waals surface area contributed by atoms with Crippen molar-refractivity contribution in [3.05, 3.63) is 40.8 Å². The maximum atomic E-state index is 12.9. The van der Waals surface area contributed by atoms with Gasteiger partial charge < -0.3 is 19.3 Å². The summed E-state index contributed by atoms with van der Waals surface area (Å²) in [5, 5.41) is 9.62. The van der Waals surface area contributed by atoms with E-state index in [4.69, 9.17) is 4.74 Å². The fourth-order valence-electron chi connectivity index (χ4n) is 3.73. The van der Waals surface area contributed by atoms with Crippen LogP contribution in [0.25, 0.3) is 16.7 Å². The van der Waals surface area contributed by atoms with E-state index in [2.05, 4.69) is 9.88 Å². The van der Waals surface area contributed by atoms with Crippen molar-refractivity contribution < 1.29 is 9.84 Å². The van der Waals surface area contributed by atoms with Crippen molar-refractivity contribution in [1.82, 2.24) is 18.9 Å². The lowest BCUT2D eigenvalue weighted by Gasteiger charge is -2.29. The van der Waals surface area contributed by atoms with Crippen LogP contribution in [0.4, 0.5) is 0 Å².